The van der Waals surface area contributed by atoms with Gasteiger partial charge in [0.25, 0.3) is 0 Å². The van der Waals surface area contributed by atoms with Crippen LogP contribution in [0.3, 0.4) is 0 Å². The molecule has 3 atom stereocenters. The summed E-state index contributed by atoms with van der Waals surface area (Å²) in [6, 6.07) is 0.579. The monoisotopic (exact) mass is 268 g/mol. The number of hydrogen-bond acceptors (Lipinski definition) is 3. The Labute approximate surface area is 119 Å². The molecule has 3 heteroatoms. The van der Waals surface area contributed by atoms with Gasteiger partial charge < -0.3 is 10.0 Å². The molecule has 0 radical (unpaired) electrons. The van der Waals surface area contributed by atoms with Gasteiger partial charge in [-0.25, -0.2) is 0 Å². The molecule has 0 amide bonds. The van der Waals surface area contributed by atoms with Gasteiger partial charge in [-0.2, -0.15) is 0 Å². The van der Waals surface area contributed by atoms with E-state index in [-0.39, 0.29) is 6.10 Å². The van der Waals surface area contributed by atoms with Crippen molar-refractivity contribution in [2.75, 3.05) is 33.2 Å². The molecule has 0 aromatic carbocycles. The minimum Gasteiger partial charge on any atom is -0.393 e. The van der Waals surface area contributed by atoms with Crippen LogP contribution in [0.5, 0.6) is 0 Å². The molecule has 0 aromatic rings. The van der Waals surface area contributed by atoms with E-state index in [9.17, 15) is 5.11 Å². The summed E-state index contributed by atoms with van der Waals surface area (Å²) >= 11 is 0. The molecule has 19 heavy (non-hydrogen) atoms. The highest BCUT2D eigenvalue weighted by Crippen LogP contribution is 2.40. The van der Waals surface area contributed by atoms with Crippen LogP contribution >= 0.6 is 0 Å². The minimum absolute atomic E-state index is 0.0791. The van der Waals surface area contributed by atoms with Crippen LogP contribution in [0, 0.1) is 11.3 Å². The Bertz CT molecular complexity index is 287. The lowest BCUT2D eigenvalue weighted by molar-refractivity contribution is -0.01000. The van der Waals surface area contributed by atoms with Crippen molar-refractivity contribution in [1.82, 2.24) is 9.80 Å². The summed E-state index contributed by atoms with van der Waals surface area (Å²) in [7, 11) is 2.22. The highest BCUT2D eigenvalue weighted by Gasteiger charge is 2.39. The second-order valence-electron chi connectivity index (χ2n) is 7.70. The van der Waals surface area contributed by atoms with E-state index in [1.807, 2.05) is 0 Å². The van der Waals surface area contributed by atoms with E-state index < -0.39 is 0 Å². The van der Waals surface area contributed by atoms with Crippen LogP contribution in [0.4, 0.5) is 0 Å². The third-order valence-corrected chi connectivity index (χ3v) is 5.12. The lowest BCUT2D eigenvalue weighted by atomic mass is 9.68. The zero-order chi connectivity index (χ0) is 14.0. The molecule has 2 fully saturated rings. The van der Waals surface area contributed by atoms with Crippen molar-refractivity contribution < 1.29 is 5.11 Å². The first-order valence-electron chi connectivity index (χ1n) is 7.98. The van der Waals surface area contributed by atoms with Crippen LogP contribution in [0.25, 0.3) is 0 Å². The maximum atomic E-state index is 10.1. The second-order valence-corrected chi connectivity index (χ2v) is 7.70. The Balaban J connectivity index is 2.08. The fourth-order valence-corrected chi connectivity index (χ4v) is 3.94. The van der Waals surface area contributed by atoms with Crippen LogP contribution in [0.15, 0.2) is 0 Å². The highest BCUT2D eigenvalue weighted by molar-refractivity contribution is 4.93. The topological polar surface area (TPSA) is 26.7 Å². The zero-order valence-corrected chi connectivity index (χ0v) is 13.2. The zero-order valence-electron chi connectivity index (χ0n) is 13.2. The number of likely N-dealkylation sites (N-methyl/N-ethyl adjacent to an activating group) is 1. The summed E-state index contributed by atoms with van der Waals surface area (Å²) in [6.45, 7) is 11.9. The van der Waals surface area contributed by atoms with Crippen molar-refractivity contribution in [3.63, 3.8) is 0 Å². The predicted octanol–water partition coefficient (Wildman–Crippen LogP) is 2.20. The van der Waals surface area contributed by atoms with Crippen molar-refractivity contribution in [1.29, 1.82) is 0 Å². The summed E-state index contributed by atoms with van der Waals surface area (Å²) < 4.78 is 0. The number of hydrogen-bond donors (Lipinski definition) is 1. The van der Waals surface area contributed by atoms with E-state index in [2.05, 4.69) is 37.6 Å². The van der Waals surface area contributed by atoms with E-state index >= 15 is 0 Å². The Kier molecular flexibility index (Phi) is 4.91. The fourth-order valence-electron chi connectivity index (χ4n) is 3.94. The normalized spacial score (nSPS) is 36.2. The molecule has 1 heterocycles. The maximum absolute atomic E-state index is 10.1. The number of nitrogens with zero attached hydrogens (tertiary/aromatic N) is 2. The standard InChI is InChI=1S/C16H32N2O/c1-16(2,3)14-7-6-13(19)12-15(14)18-9-5-8-17(4)10-11-18/h13-15,19H,5-12H2,1-4H3. The van der Waals surface area contributed by atoms with E-state index in [0.717, 1.165) is 18.8 Å². The molecule has 1 N–H and O–H groups in total. The fraction of sp³-hybridized carbons (Fsp3) is 1.00. The van der Waals surface area contributed by atoms with Gasteiger partial charge in [0.2, 0.25) is 0 Å². The molecule has 0 spiro atoms. The summed E-state index contributed by atoms with van der Waals surface area (Å²) in [6.07, 6.45) is 4.34. The van der Waals surface area contributed by atoms with Crippen molar-refractivity contribution >= 4 is 0 Å². The van der Waals surface area contributed by atoms with Crippen molar-refractivity contribution in [3.8, 4) is 0 Å². The van der Waals surface area contributed by atoms with E-state index in [4.69, 9.17) is 0 Å². The van der Waals surface area contributed by atoms with E-state index in [1.165, 1.54) is 39.0 Å². The summed E-state index contributed by atoms with van der Waals surface area (Å²) in [5.74, 6) is 0.722. The number of aliphatic hydroxyl groups is 1. The Hall–Kier alpha value is -0.120. The minimum atomic E-state index is -0.0791. The lowest BCUT2D eigenvalue weighted by Gasteiger charge is -2.47. The molecule has 1 saturated heterocycles. The molecule has 0 bridgehead atoms. The molecular formula is C16H32N2O. The van der Waals surface area contributed by atoms with Crippen molar-refractivity contribution in [2.45, 2.75) is 58.6 Å². The van der Waals surface area contributed by atoms with Crippen LogP contribution < -0.4 is 0 Å². The molecule has 2 aliphatic rings. The van der Waals surface area contributed by atoms with Gasteiger partial charge in [-0.15, -0.1) is 0 Å². The molecule has 3 nitrogen and oxygen atoms in total. The first-order chi connectivity index (χ1) is 8.88. The molecule has 1 aliphatic heterocycles. The molecule has 1 aliphatic carbocycles. The summed E-state index contributed by atoms with van der Waals surface area (Å²) in [5.41, 5.74) is 0.350. The number of rotatable bonds is 1. The first-order valence-corrected chi connectivity index (χ1v) is 7.98. The summed E-state index contributed by atoms with van der Waals surface area (Å²) in [5, 5.41) is 10.1. The van der Waals surface area contributed by atoms with Gasteiger partial charge in [0.05, 0.1) is 6.10 Å². The third kappa shape index (κ3) is 3.93. The van der Waals surface area contributed by atoms with Crippen LogP contribution in [0.1, 0.15) is 46.5 Å². The quantitative estimate of drug-likeness (QED) is 0.790. The molecule has 2 rings (SSSR count). The molecule has 3 unspecified atom stereocenters. The van der Waals surface area contributed by atoms with Gasteiger partial charge >= 0.3 is 0 Å². The Morgan fingerprint density at radius 1 is 1.00 bits per heavy atom. The van der Waals surface area contributed by atoms with Gasteiger partial charge in [0.15, 0.2) is 0 Å². The van der Waals surface area contributed by atoms with Crippen LogP contribution in [0.2, 0.25) is 0 Å². The predicted molar refractivity (Wildman–Crippen MR) is 80.3 cm³/mol. The smallest absolute Gasteiger partial charge is 0.0555 e. The third-order valence-electron chi connectivity index (χ3n) is 5.12. The average molecular weight is 268 g/mol. The van der Waals surface area contributed by atoms with Crippen LogP contribution in [-0.2, 0) is 0 Å². The molecule has 1 saturated carbocycles. The van der Waals surface area contributed by atoms with Gasteiger partial charge in [-0.1, -0.05) is 20.8 Å². The molecule has 0 aromatic heterocycles. The van der Waals surface area contributed by atoms with Crippen molar-refractivity contribution in [2.24, 2.45) is 11.3 Å². The maximum Gasteiger partial charge on any atom is 0.0555 e. The second kappa shape index (κ2) is 6.11. The van der Waals surface area contributed by atoms with Gasteiger partial charge in [-0.05, 0) is 57.2 Å². The highest BCUT2D eigenvalue weighted by atomic mass is 16.3. The van der Waals surface area contributed by atoms with E-state index in [0.29, 0.717) is 11.5 Å². The lowest BCUT2D eigenvalue weighted by Crippen LogP contribution is -2.50. The molecular weight excluding hydrogens is 236 g/mol. The van der Waals surface area contributed by atoms with Crippen molar-refractivity contribution in [3.05, 3.63) is 0 Å². The first kappa shape index (κ1) is 15.3. The Morgan fingerprint density at radius 3 is 2.42 bits per heavy atom. The summed E-state index contributed by atoms with van der Waals surface area (Å²) in [4.78, 5) is 5.10. The number of aliphatic hydroxyl groups excluding tert-OH is 1. The van der Waals surface area contributed by atoms with Gasteiger partial charge in [0, 0.05) is 19.1 Å². The largest absolute Gasteiger partial charge is 0.393 e. The average Bonchev–Trinajstić information content (AvgIpc) is 2.52. The molecule has 112 valence electrons. The SMILES string of the molecule is CN1CCCN(C2CC(O)CCC2C(C)(C)C)CC1. The Morgan fingerprint density at radius 2 is 1.74 bits per heavy atom. The van der Waals surface area contributed by atoms with Crippen LogP contribution in [-0.4, -0.2) is 60.3 Å². The van der Waals surface area contributed by atoms with Gasteiger partial charge in [0.1, 0.15) is 0 Å². The van der Waals surface area contributed by atoms with E-state index in [1.54, 1.807) is 0 Å². The van der Waals surface area contributed by atoms with Gasteiger partial charge in [-0.3, -0.25) is 4.90 Å².